The molecule has 2 N–H and O–H groups in total. The minimum absolute atomic E-state index is 0.442. The Morgan fingerprint density at radius 3 is 2.80 bits per heavy atom. The fourth-order valence-corrected chi connectivity index (χ4v) is 1.41. The van der Waals surface area contributed by atoms with Gasteiger partial charge in [0.15, 0.2) is 0 Å². The number of rotatable bonds is 3. The summed E-state index contributed by atoms with van der Waals surface area (Å²) in [6.07, 6.45) is 7.69. The molecule has 0 aliphatic carbocycles. The summed E-state index contributed by atoms with van der Waals surface area (Å²) in [6.45, 7) is 3.00. The molecule has 2 heterocycles. The molecule has 5 heteroatoms. The SMILES string of the molecule is CCn1ccnc1Cc1cnc(N)cn1. The molecule has 0 saturated heterocycles. The zero-order chi connectivity index (χ0) is 10.7. The summed E-state index contributed by atoms with van der Waals surface area (Å²) >= 11 is 0. The summed E-state index contributed by atoms with van der Waals surface area (Å²) in [4.78, 5) is 12.4. The maximum Gasteiger partial charge on any atom is 0.141 e. The van der Waals surface area contributed by atoms with E-state index in [1.165, 1.54) is 0 Å². The Labute approximate surface area is 88.0 Å². The molecule has 0 saturated carbocycles. The number of hydrogen-bond donors (Lipinski definition) is 1. The van der Waals surface area contributed by atoms with Crippen LogP contribution >= 0.6 is 0 Å². The van der Waals surface area contributed by atoms with Crippen LogP contribution in [-0.2, 0) is 13.0 Å². The lowest BCUT2D eigenvalue weighted by molar-refractivity contribution is 0.707. The number of aryl methyl sites for hydroxylation is 1. The normalized spacial score (nSPS) is 10.5. The van der Waals surface area contributed by atoms with Gasteiger partial charge in [-0.3, -0.25) is 4.98 Å². The molecular formula is C10H13N5. The third kappa shape index (κ3) is 2.12. The highest BCUT2D eigenvalue weighted by Crippen LogP contribution is 2.05. The van der Waals surface area contributed by atoms with E-state index in [-0.39, 0.29) is 0 Å². The highest BCUT2D eigenvalue weighted by molar-refractivity contribution is 5.23. The van der Waals surface area contributed by atoms with Crippen LogP contribution in [0.2, 0.25) is 0 Å². The smallest absolute Gasteiger partial charge is 0.141 e. The lowest BCUT2D eigenvalue weighted by Crippen LogP contribution is -2.04. The van der Waals surface area contributed by atoms with Gasteiger partial charge in [0, 0.05) is 25.4 Å². The predicted molar refractivity (Wildman–Crippen MR) is 57.2 cm³/mol. The topological polar surface area (TPSA) is 69.6 Å². The second-order valence-corrected chi connectivity index (χ2v) is 3.24. The van der Waals surface area contributed by atoms with Gasteiger partial charge in [0.1, 0.15) is 11.6 Å². The minimum atomic E-state index is 0.442. The van der Waals surface area contributed by atoms with Crippen molar-refractivity contribution in [3.05, 3.63) is 36.3 Å². The molecule has 0 amide bonds. The highest BCUT2D eigenvalue weighted by Gasteiger charge is 2.03. The van der Waals surface area contributed by atoms with Crippen molar-refractivity contribution in [1.82, 2.24) is 19.5 Å². The van der Waals surface area contributed by atoms with Gasteiger partial charge in [0.2, 0.25) is 0 Å². The lowest BCUT2D eigenvalue weighted by Gasteiger charge is -2.03. The molecular weight excluding hydrogens is 190 g/mol. The Balaban J connectivity index is 2.18. The second-order valence-electron chi connectivity index (χ2n) is 3.24. The monoisotopic (exact) mass is 203 g/mol. The van der Waals surface area contributed by atoms with Crippen molar-refractivity contribution in [1.29, 1.82) is 0 Å². The molecule has 0 fully saturated rings. The summed E-state index contributed by atoms with van der Waals surface area (Å²) in [5.41, 5.74) is 6.34. The summed E-state index contributed by atoms with van der Waals surface area (Å²) in [5.74, 6) is 1.44. The van der Waals surface area contributed by atoms with Crippen LogP contribution in [0.1, 0.15) is 18.4 Å². The lowest BCUT2D eigenvalue weighted by atomic mass is 10.3. The number of nitrogen functional groups attached to an aromatic ring is 1. The Hall–Kier alpha value is -1.91. The van der Waals surface area contributed by atoms with Crippen molar-refractivity contribution in [2.24, 2.45) is 0 Å². The zero-order valence-corrected chi connectivity index (χ0v) is 8.59. The van der Waals surface area contributed by atoms with Crippen molar-refractivity contribution < 1.29 is 0 Å². The second kappa shape index (κ2) is 4.08. The van der Waals surface area contributed by atoms with Crippen LogP contribution in [0.3, 0.4) is 0 Å². The average molecular weight is 203 g/mol. The van der Waals surface area contributed by atoms with E-state index >= 15 is 0 Å². The molecule has 78 valence electrons. The molecule has 2 aromatic rings. The largest absolute Gasteiger partial charge is 0.382 e. The maximum atomic E-state index is 5.46. The van der Waals surface area contributed by atoms with Gasteiger partial charge in [-0.05, 0) is 6.92 Å². The molecule has 0 spiro atoms. The molecule has 0 radical (unpaired) electrons. The van der Waals surface area contributed by atoms with Gasteiger partial charge in [0.25, 0.3) is 0 Å². The summed E-state index contributed by atoms with van der Waals surface area (Å²) < 4.78 is 2.08. The Kier molecular flexibility index (Phi) is 2.62. The first-order valence-corrected chi connectivity index (χ1v) is 4.86. The quantitative estimate of drug-likeness (QED) is 0.803. The first kappa shape index (κ1) is 9.64. The first-order valence-electron chi connectivity index (χ1n) is 4.86. The molecule has 15 heavy (non-hydrogen) atoms. The Morgan fingerprint density at radius 2 is 2.13 bits per heavy atom. The number of nitrogens with zero attached hydrogens (tertiary/aromatic N) is 4. The van der Waals surface area contributed by atoms with E-state index in [2.05, 4.69) is 26.4 Å². The molecule has 0 aliphatic rings. The van der Waals surface area contributed by atoms with E-state index in [1.807, 2.05) is 6.20 Å². The molecule has 0 aliphatic heterocycles. The number of hydrogen-bond acceptors (Lipinski definition) is 4. The van der Waals surface area contributed by atoms with E-state index in [4.69, 9.17) is 5.73 Å². The van der Waals surface area contributed by atoms with Crippen LogP contribution in [0.4, 0.5) is 5.82 Å². The number of nitrogens with two attached hydrogens (primary N) is 1. The maximum absolute atomic E-state index is 5.46. The van der Waals surface area contributed by atoms with Crippen molar-refractivity contribution in [2.45, 2.75) is 19.9 Å². The molecule has 2 aromatic heterocycles. The van der Waals surface area contributed by atoms with Crippen molar-refractivity contribution in [3.63, 3.8) is 0 Å². The van der Waals surface area contributed by atoms with E-state index < -0.39 is 0 Å². The number of aromatic nitrogens is 4. The van der Waals surface area contributed by atoms with Gasteiger partial charge in [-0.1, -0.05) is 0 Å². The number of imidazole rings is 1. The van der Waals surface area contributed by atoms with Gasteiger partial charge in [0.05, 0.1) is 18.1 Å². The van der Waals surface area contributed by atoms with Gasteiger partial charge >= 0.3 is 0 Å². The third-order valence-electron chi connectivity index (χ3n) is 2.21. The summed E-state index contributed by atoms with van der Waals surface area (Å²) in [6, 6.07) is 0. The van der Waals surface area contributed by atoms with E-state index in [0.717, 1.165) is 18.1 Å². The summed E-state index contributed by atoms with van der Waals surface area (Å²) in [7, 11) is 0. The predicted octanol–water partition coefficient (Wildman–Crippen LogP) is 0.866. The summed E-state index contributed by atoms with van der Waals surface area (Å²) in [5, 5.41) is 0. The van der Waals surface area contributed by atoms with Crippen LogP contribution in [0.15, 0.2) is 24.8 Å². The fraction of sp³-hybridized carbons (Fsp3) is 0.300. The molecule has 5 nitrogen and oxygen atoms in total. The van der Waals surface area contributed by atoms with E-state index in [1.54, 1.807) is 18.6 Å². The Bertz CT molecular complexity index is 431. The van der Waals surface area contributed by atoms with Crippen LogP contribution in [0.25, 0.3) is 0 Å². The van der Waals surface area contributed by atoms with Crippen molar-refractivity contribution in [2.75, 3.05) is 5.73 Å². The highest BCUT2D eigenvalue weighted by atomic mass is 15.1. The molecule has 0 aromatic carbocycles. The molecule has 0 atom stereocenters. The fourth-order valence-electron chi connectivity index (χ4n) is 1.41. The van der Waals surface area contributed by atoms with Crippen LogP contribution < -0.4 is 5.73 Å². The van der Waals surface area contributed by atoms with Crippen LogP contribution in [-0.4, -0.2) is 19.5 Å². The standard InChI is InChI=1S/C10H13N5/c1-2-15-4-3-12-10(15)5-8-6-14-9(11)7-13-8/h3-4,6-7H,2,5H2,1H3,(H2,11,14). The van der Waals surface area contributed by atoms with Crippen LogP contribution in [0, 0.1) is 0 Å². The Morgan fingerprint density at radius 1 is 1.27 bits per heavy atom. The third-order valence-corrected chi connectivity index (χ3v) is 2.21. The van der Waals surface area contributed by atoms with Crippen molar-refractivity contribution >= 4 is 5.82 Å². The van der Waals surface area contributed by atoms with Gasteiger partial charge in [-0.15, -0.1) is 0 Å². The van der Waals surface area contributed by atoms with E-state index in [9.17, 15) is 0 Å². The van der Waals surface area contributed by atoms with E-state index in [0.29, 0.717) is 12.2 Å². The first-order chi connectivity index (χ1) is 7.29. The molecule has 2 rings (SSSR count). The minimum Gasteiger partial charge on any atom is -0.382 e. The van der Waals surface area contributed by atoms with Crippen LogP contribution in [0.5, 0.6) is 0 Å². The van der Waals surface area contributed by atoms with Gasteiger partial charge in [-0.2, -0.15) is 0 Å². The molecule has 0 unspecified atom stereocenters. The average Bonchev–Trinajstić information content (AvgIpc) is 2.69. The molecule has 0 bridgehead atoms. The zero-order valence-electron chi connectivity index (χ0n) is 8.59. The van der Waals surface area contributed by atoms with Crippen molar-refractivity contribution in [3.8, 4) is 0 Å². The number of anilines is 1. The van der Waals surface area contributed by atoms with Gasteiger partial charge in [-0.25, -0.2) is 9.97 Å². The van der Waals surface area contributed by atoms with Gasteiger partial charge < -0.3 is 10.3 Å².